The molecule has 0 unspecified atom stereocenters. The van der Waals surface area contributed by atoms with Gasteiger partial charge in [0.1, 0.15) is 0 Å². The van der Waals surface area contributed by atoms with E-state index >= 15 is 0 Å². The molecule has 1 aromatic heterocycles. The van der Waals surface area contributed by atoms with Crippen LogP contribution in [-0.2, 0) is 23.6 Å². The fourth-order valence-corrected chi connectivity index (χ4v) is 2.79. The predicted molar refractivity (Wildman–Crippen MR) is 72.7 cm³/mol. The standard InChI is InChI=1S/C12H16N4O2S/c1-15-8-12(14-9-15)19(17,18)16(2)7-10-5-3-4-6-11(10)13/h3-6,8-9H,7,13H2,1-2H3. The summed E-state index contributed by atoms with van der Waals surface area (Å²) in [7, 11) is -0.353. The summed E-state index contributed by atoms with van der Waals surface area (Å²) >= 11 is 0. The van der Waals surface area contributed by atoms with Crippen LogP contribution in [0.25, 0.3) is 0 Å². The van der Waals surface area contributed by atoms with Crippen molar-refractivity contribution >= 4 is 15.7 Å². The van der Waals surface area contributed by atoms with Gasteiger partial charge in [0, 0.05) is 32.5 Å². The fraction of sp³-hybridized carbons (Fsp3) is 0.250. The van der Waals surface area contributed by atoms with Gasteiger partial charge in [0.2, 0.25) is 0 Å². The summed E-state index contributed by atoms with van der Waals surface area (Å²) in [6.45, 7) is 0.214. The van der Waals surface area contributed by atoms with Crippen molar-refractivity contribution < 1.29 is 8.42 Å². The lowest BCUT2D eigenvalue weighted by atomic mass is 10.2. The van der Waals surface area contributed by atoms with Crippen molar-refractivity contribution in [2.45, 2.75) is 11.6 Å². The third-order valence-electron chi connectivity index (χ3n) is 2.80. The van der Waals surface area contributed by atoms with Crippen molar-refractivity contribution in [3.8, 4) is 0 Å². The highest BCUT2D eigenvalue weighted by Crippen LogP contribution is 2.17. The molecule has 2 rings (SSSR count). The maximum Gasteiger partial charge on any atom is 0.262 e. The summed E-state index contributed by atoms with van der Waals surface area (Å²) in [5.41, 5.74) is 7.16. The number of nitrogens with zero attached hydrogens (tertiary/aromatic N) is 3. The molecule has 2 N–H and O–H groups in total. The lowest BCUT2D eigenvalue weighted by Crippen LogP contribution is -2.27. The van der Waals surface area contributed by atoms with E-state index in [1.807, 2.05) is 12.1 Å². The number of hydrogen-bond donors (Lipinski definition) is 1. The number of anilines is 1. The van der Waals surface area contributed by atoms with Gasteiger partial charge in [-0.1, -0.05) is 18.2 Å². The second-order valence-electron chi connectivity index (χ2n) is 4.34. The second kappa shape index (κ2) is 5.02. The Kier molecular flexibility index (Phi) is 3.59. The monoisotopic (exact) mass is 280 g/mol. The van der Waals surface area contributed by atoms with Crippen LogP contribution in [0.1, 0.15) is 5.56 Å². The first kappa shape index (κ1) is 13.6. The van der Waals surface area contributed by atoms with Crippen molar-refractivity contribution in [3.05, 3.63) is 42.4 Å². The minimum atomic E-state index is -3.59. The lowest BCUT2D eigenvalue weighted by molar-refractivity contribution is 0.465. The summed E-state index contributed by atoms with van der Waals surface area (Å²) in [5, 5.41) is 0.0343. The zero-order chi connectivity index (χ0) is 14.0. The van der Waals surface area contributed by atoms with Gasteiger partial charge in [-0.25, -0.2) is 13.4 Å². The third-order valence-corrected chi connectivity index (χ3v) is 4.49. The Morgan fingerprint density at radius 2 is 2.05 bits per heavy atom. The molecule has 2 aromatic rings. The van der Waals surface area contributed by atoms with E-state index in [4.69, 9.17) is 5.73 Å². The molecule has 0 saturated carbocycles. The molecule has 0 spiro atoms. The van der Waals surface area contributed by atoms with Gasteiger partial charge in [-0.15, -0.1) is 0 Å². The van der Waals surface area contributed by atoms with E-state index in [1.165, 1.54) is 23.9 Å². The highest BCUT2D eigenvalue weighted by molar-refractivity contribution is 7.89. The van der Waals surface area contributed by atoms with E-state index in [9.17, 15) is 8.42 Å². The zero-order valence-corrected chi connectivity index (χ0v) is 11.6. The Morgan fingerprint density at radius 3 is 2.63 bits per heavy atom. The Hall–Kier alpha value is -1.86. The molecule has 19 heavy (non-hydrogen) atoms. The maximum absolute atomic E-state index is 12.3. The molecule has 0 radical (unpaired) electrons. The minimum absolute atomic E-state index is 0.0343. The summed E-state index contributed by atoms with van der Waals surface area (Å²) in [6, 6.07) is 7.19. The first-order chi connectivity index (χ1) is 8.91. The summed E-state index contributed by atoms with van der Waals surface area (Å²) in [4.78, 5) is 3.87. The van der Waals surface area contributed by atoms with Gasteiger partial charge in [-0.2, -0.15) is 4.31 Å². The summed E-state index contributed by atoms with van der Waals surface area (Å²) in [6.07, 6.45) is 2.93. The SMILES string of the molecule is CN(Cc1ccccc1N)S(=O)(=O)c1cn(C)cn1. The molecule has 0 saturated heterocycles. The Labute approximate surface area is 112 Å². The molecule has 0 aliphatic rings. The highest BCUT2D eigenvalue weighted by Gasteiger charge is 2.23. The van der Waals surface area contributed by atoms with Gasteiger partial charge >= 0.3 is 0 Å². The third kappa shape index (κ3) is 2.77. The van der Waals surface area contributed by atoms with Gasteiger partial charge in [0.05, 0.1) is 6.33 Å². The molecule has 1 heterocycles. The number of nitrogens with two attached hydrogens (primary N) is 1. The first-order valence-electron chi connectivity index (χ1n) is 5.69. The molecule has 0 aliphatic heterocycles. The average Bonchev–Trinajstić information content (AvgIpc) is 2.79. The number of aromatic nitrogens is 2. The molecular weight excluding hydrogens is 264 g/mol. The van der Waals surface area contributed by atoms with Crippen LogP contribution < -0.4 is 5.73 Å². The van der Waals surface area contributed by atoms with E-state index in [-0.39, 0.29) is 11.6 Å². The van der Waals surface area contributed by atoms with Crippen molar-refractivity contribution in [2.75, 3.05) is 12.8 Å². The van der Waals surface area contributed by atoms with Crippen LogP contribution in [-0.4, -0.2) is 29.3 Å². The fourth-order valence-electron chi connectivity index (χ4n) is 1.68. The van der Waals surface area contributed by atoms with E-state index < -0.39 is 10.0 Å². The summed E-state index contributed by atoms with van der Waals surface area (Å²) < 4.78 is 27.4. The molecule has 1 aromatic carbocycles. The van der Waals surface area contributed by atoms with Gasteiger partial charge < -0.3 is 10.3 Å². The minimum Gasteiger partial charge on any atom is -0.398 e. The Balaban J connectivity index is 2.25. The molecule has 0 amide bonds. The number of hydrogen-bond acceptors (Lipinski definition) is 4. The van der Waals surface area contributed by atoms with Crippen LogP contribution in [0.4, 0.5) is 5.69 Å². The number of nitrogen functional groups attached to an aromatic ring is 1. The molecule has 6 nitrogen and oxygen atoms in total. The molecule has 0 bridgehead atoms. The maximum atomic E-state index is 12.3. The van der Waals surface area contributed by atoms with Crippen molar-refractivity contribution in [1.82, 2.24) is 13.9 Å². The van der Waals surface area contributed by atoms with E-state index in [0.717, 1.165) is 5.56 Å². The van der Waals surface area contributed by atoms with E-state index in [1.54, 1.807) is 23.7 Å². The normalized spacial score (nSPS) is 11.9. The molecule has 0 fully saturated rings. The largest absolute Gasteiger partial charge is 0.398 e. The number of benzene rings is 1. The van der Waals surface area contributed by atoms with E-state index in [0.29, 0.717) is 5.69 Å². The first-order valence-corrected chi connectivity index (χ1v) is 7.13. The average molecular weight is 280 g/mol. The number of para-hydroxylation sites is 1. The molecule has 0 atom stereocenters. The second-order valence-corrected chi connectivity index (χ2v) is 6.33. The van der Waals surface area contributed by atoms with Gasteiger partial charge in [-0.05, 0) is 11.6 Å². The molecule has 0 aliphatic carbocycles. The van der Waals surface area contributed by atoms with Crippen molar-refractivity contribution in [1.29, 1.82) is 0 Å². The highest BCUT2D eigenvalue weighted by atomic mass is 32.2. The Morgan fingerprint density at radius 1 is 1.37 bits per heavy atom. The van der Waals surface area contributed by atoms with Crippen molar-refractivity contribution in [3.63, 3.8) is 0 Å². The van der Waals surface area contributed by atoms with E-state index in [2.05, 4.69) is 4.98 Å². The van der Waals surface area contributed by atoms with Crippen LogP contribution in [0.3, 0.4) is 0 Å². The smallest absolute Gasteiger partial charge is 0.262 e. The molecule has 7 heteroatoms. The zero-order valence-electron chi connectivity index (χ0n) is 10.8. The number of aryl methyl sites for hydroxylation is 1. The number of sulfonamides is 1. The number of imidazole rings is 1. The Bertz CT molecular complexity index is 679. The van der Waals surface area contributed by atoms with Crippen LogP contribution in [0.15, 0.2) is 41.8 Å². The van der Waals surface area contributed by atoms with Crippen LogP contribution >= 0.6 is 0 Å². The summed E-state index contributed by atoms with van der Waals surface area (Å²) in [5.74, 6) is 0. The van der Waals surface area contributed by atoms with Crippen LogP contribution in [0.5, 0.6) is 0 Å². The van der Waals surface area contributed by atoms with Gasteiger partial charge in [0.15, 0.2) is 5.03 Å². The van der Waals surface area contributed by atoms with Crippen molar-refractivity contribution in [2.24, 2.45) is 7.05 Å². The van der Waals surface area contributed by atoms with Gasteiger partial charge in [0.25, 0.3) is 10.0 Å². The molecular formula is C12H16N4O2S. The van der Waals surface area contributed by atoms with Crippen LogP contribution in [0, 0.1) is 0 Å². The number of rotatable bonds is 4. The quantitative estimate of drug-likeness (QED) is 0.841. The molecule has 102 valence electrons. The predicted octanol–water partition coefficient (Wildman–Crippen LogP) is 0.823. The lowest BCUT2D eigenvalue weighted by Gasteiger charge is -2.16. The van der Waals surface area contributed by atoms with Crippen LogP contribution in [0.2, 0.25) is 0 Å². The van der Waals surface area contributed by atoms with Gasteiger partial charge in [-0.3, -0.25) is 0 Å². The topological polar surface area (TPSA) is 81.2 Å².